The number of sulfone groups is 1. The van der Waals surface area contributed by atoms with E-state index in [2.05, 4.69) is 4.79 Å². The van der Waals surface area contributed by atoms with E-state index >= 15 is 0 Å². The number of hydrogen-bond donors (Lipinski definition) is 0. The van der Waals surface area contributed by atoms with Gasteiger partial charge in [-0.05, 0) is 25.0 Å². The maximum Gasteiger partial charge on any atom is 0.385 e. The number of allylic oxidation sites excluding steroid dienone is 3. The lowest BCUT2D eigenvalue weighted by molar-refractivity contribution is -0.00736. The molecule has 2 aliphatic rings. The van der Waals surface area contributed by atoms with Gasteiger partial charge in [0, 0.05) is 5.03 Å². The van der Waals surface area contributed by atoms with E-state index in [1.54, 1.807) is 0 Å². The maximum absolute atomic E-state index is 12.6. The Labute approximate surface area is 129 Å². The summed E-state index contributed by atoms with van der Waals surface area (Å²) in [5, 5.41) is -1.61. The predicted octanol–water partition coefficient (Wildman–Crippen LogP) is 1.33. The average Bonchev–Trinajstić information content (AvgIpc) is 2.92. The first-order valence-corrected chi connectivity index (χ1v) is 9.35. The molecule has 0 heterocycles. The van der Waals surface area contributed by atoms with Crippen molar-refractivity contribution in [3.63, 3.8) is 0 Å². The van der Waals surface area contributed by atoms with Crippen LogP contribution in [0, 0.1) is 5.92 Å². The van der Waals surface area contributed by atoms with E-state index in [1.807, 2.05) is 0 Å². The summed E-state index contributed by atoms with van der Waals surface area (Å²) in [6, 6.07) is 0. The Kier molecular flexibility index (Phi) is 4.83. The maximum atomic E-state index is 12.6. The van der Waals surface area contributed by atoms with E-state index in [9.17, 15) is 16.8 Å². The third-order valence-corrected chi connectivity index (χ3v) is 6.83. The largest absolute Gasteiger partial charge is 0.385 e. The summed E-state index contributed by atoms with van der Waals surface area (Å²) in [5.74, 6) is -0.365. The third-order valence-electron chi connectivity index (χ3n) is 3.61. The van der Waals surface area contributed by atoms with Crippen LogP contribution in [0.3, 0.4) is 0 Å². The summed E-state index contributed by atoms with van der Waals surface area (Å²) in [4.78, 5) is 2.61. The van der Waals surface area contributed by atoms with Crippen LogP contribution in [0.5, 0.6) is 0 Å². The molecule has 0 saturated heterocycles. The molecule has 2 rings (SSSR count). The molecule has 0 aromatic carbocycles. The van der Waals surface area contributed by atoms with Crippen LogP contribution in [0.1, 0.15) is 25.7 Å². The molecule has 6 nitrogen and oxygen atoms in total. The van der Waals surface area contributed by atoms with Crippen LogP contribution in [-0.2, 0) is 20.1 Å². The molecule has 0 N–H and O–H groups in total. The summed E-state index contributed by atoms with van der Waals surface area (Å²) >= 11 is 5.72. The van der Waals surface area contributed by atoms with Crippen molar-refractivity contribution in [2.24, 2.45) is 5.92 Å². The first kappa shape index (κ1) is 16.2. The molecular weight excluding hydrogens is 336 g/mol. The van der Waals surface area contributed by atoms with Gasteiger partial charge < -0.3 is 5.53 Å². The van der Waals surface area contributed by atoms with Gasteiger partial charge >= 0.3 is 5.04 Å². The van der Waals surface area contributed by atoms with Crippen molar-refractivity contribution in [2.75, 3.05) is 0 Å². The van der Waals surface area contributed by atoms with Crippen LogP contribution in [0.15, 0.2) is 23.3 Å². The number of hydrogen-bond acceptors (Lipinski definition) is 4. The van der Waals surface area contributed by atoms with E-state index in [0.29, 0.717) is 12.8 Å². The molecule has 0 bridgehead atoms. The van der Waals surface area contributed by atoms with E-state index in [4.69, 9.17) is 17.1 Å². The van der Waals surface area contributed by atoms with E-state index in [0.717, 1.165) is 18.9 Å². The summed E-state index contributed by atoms with van der Waals surface area (Å²) in [6.45, 7) is 0. The Morgan fingerprint density at radius 2 is 1.95 bits per heavy atom. The molecule has 1 unspecified atom stereocenters. The Morgan fingerprint density at radius 3 is 2.48 bits per heavy atom. The summed E-state index contributed by atoms with van der Waals surface area (Å²) in [5.41, 5.74) is 9.11. The lowest BCUT2D eigenvalue weighted by atomic mass is 10.1. The summed E-state index contributed by atoms with van der Waals surface area (Å²) in [6.07, 6.45) is 6.55. The molecule has 0 aromatic rings. The van der Waals surface area contributed by atoms with Gasteiger partial charge in [0.1, 0.15) is 5.25 Å². The predicted molar refractivity (Wildman–Crippen MR) is 80.3 cm³/mol. The van der Waals surface area contributed by atoms with Gasteiger partial charge in [-0.15, -0.1) is 0 Å². The molecule has 21 heavy (non-hydrogen) atoms. The minimum absolute atomic E-state index is 0.129. The molecule has 0 radical (unpaired) electrons. The van der Waals surface area contributed by atoms with Gasteiger partial charge in [0.15, 0.2) is 0 Å². The Morgan fingerprint density at radius 1 is 1.33 bits per heavy atom. The quantitative estimate of drug-likeness (QED) is 0.247. The van der Waals surface area contributed by atoms with Crippen LogP contribution in [0.25, 0.3) is 5.53 Å². The van der Waals surface area contributed by atoms with Crippen molar-refractivity contribution in [3.05, 3.63) is 28.8 Å². The monoisotopic (exact) mass is 348 g/mol. The van der Waals surface area contributed by atoms with Crippen LogP contribution in [0.4, 0.5) is 0 Å². The Hall–Kier alpha value is -1.21. The van der Waals surface area contributed by atoms with E-state index < -0.39 is 25.4 Å². The number of rotatable bonds is 2. The Bertz CT molecular complexity index is 788. The molecular formula is C12H13ClN2O4S2. The van der Waals surface area contributed by atoms with Gasteiger partial charge in [-0.3, -0.25) is 0 Å². The summed E-state index contributed by atoms with van der Waals surface area (Å²) < 4.78 is 47.7. The van der Waals surface area contributed by atoms with Crippen LogP contribution >= 0.6 is 11.6 Å². The molecule has 0 amide bonds. The molecule has 1 atom stereocenters. The lowest BCUT2D eigenvalue weighted by Crippen LogP contribution is -2.38. The molecule has 2 aliphatic carbocycles. The molecule has 0 spiro atoms. The van der Waals surface area contributed by atoms with Gasteiger partial charge in [-0.1, -0.05) is 30.5 Å². The van der Waals surface area contributed by atoms with Crippen molar-refractivity contribution in [1.82, 2.24) is 0 Å². The van der Waals surface area contributed by atoms with Crippen LogP contribution in [-0.4, -0.2) is 36.8 Å². The van der Waals surface area contributed by atoms with Gasteiger partial charge in [0.05, 0.1) is 10.8 Å². The second-order valence-electron chi connectivity index (χ2n) is 4.91. The smallest absolute Gasteiger partial charge is 0.360 e. The SMILES string of the molecule is [N-]=[N+]=C(C1CCCC1)S(=O)(=O)C1C=CC(Cl)=CC1=S(=O)=O. The second kappa shape index (κ2) is 6.27. The zero-order valence-electron chi connectivity index (χ0n) is 10.9. The number of halogens is 1. The molecule has 0 aliphatic heterocycles. The van der Waals surface area contributed by atoms with E-state index in [1.165, 1.54) is 12.2 Å². The Balaban J connectivity index is 2.51. The zero-order chi connectivity index (χ0) is 15.6. The highest BCUT2D eigenvalue weighted by Gasteiger charge is 2.44. The lowest BCUT2D eigenvalue weighted by Gasteiger charge is -2.14. The second-order valence-corrected chi connectivity index (χ2v) is 8.30. The number of nitrogens with zero attached hydrogens (tertiary/aromatic N) is 2. The fourth-order valence-corrected chi connectivity index (χ4v) is 5.71. The highest BCUT2D eigenvalue weighted by atomic mass is 35.5. The van der Waals surface area contributed by atoms with Crippen molar-refractivity contribution in [2.45, 2.75) is 30.9 Å². The highest BCUT2D eigenvalue weighted by molar-refractivity contribution is 8.08. The molecule has 9 heteroatoms. The van der Waals surface area contributed by atoms with Gasteiger partial charge in [-0.2, -0.15) is 13.2 Å². The van der Waals surface area contributed by atoms with Gasteiger partial charge in [0.2, 0.25) is 10.3 Å². The van der Waals surface area contributed by atoms with Gasteiger partial charge in [0.25, 0.3) is 9.84 Å². The standard InChI is InChI=1S/C12H13ClN2O4S2/c13-9-5-6-11(10(7-9)20(16)17)21(18,19)12(15-14)8-3-1-2-4-8/h5-8,11H,1-4H2. The van der Waals surface area contributed by atoms with Crippen LogP contribution < -0.4 is 0 Å². The first-order chi connectivity index (χ1) is 9.87. The third kappa shape index (κ3) is 3.18. The minimum atomic E-state index is -4.10. The van der Waals surface area contributed by atoms with Crippen molar-refractivity contribution < 1.29 is 21.6 Å². The molecule has 1 fully saturated rings. The fourth-order valence-electron chi connectivity index (χ4n) is 2.61. The van der Waals surface area contributed by atoms with Crippen molar-refractivity contribution in [3.8, 4) is 0 Å². The summed E-state index contributed by atoms with van der Waals surface area (Å²) in [7, 11) is -6.83. The van der Waals surface area contributed by atoms with Crippen molar-refractivity contribution >= 4 is 41.6 Å². The topological polar surface area (TPSA) is 105 Å². The molecule has 1 saturated carbocycles. The van der Waals surface area contributed by atoms with Crippen molar-refractivity contribution in [1.29, 1.82) is 0 Å². The molecule has 0 aromatic heterocycles. The normalized spacial score (nSPS) is 22.8. The van der Waals surface area contributed by atoms with Gasteiger partial charge in [-0.25, -0.2) is 8.42 Å². The molecule has 114 valence electrons. The fraction of sp³-hybridized carbons (Fsp3) is 0.500. The average molecular weight is 349 g/mol. The first-order valence-electron chi connectivity index (χ1n) is 6.35. The van der Waals surface area contributed by atoms with Crippen LogP contribution in [0.2, 0.25) is 0 Å². The minimum Gasteiger partial charge on any atom is -0.360 e. The zero-order valence-corrected chi connectivity index (χ0v) is 13.3. The van der Waals surface area contributed by atoms with E-state index in [-0.39, 0.29) is 20.9 Å². The highest BCUT2D eigenvalue weighted by Crippen LogP contribution is 2.29.